The standard InChI is InChI=1S/C14H14ClN3O3/c1-3-5-12-16-11(15)8-13(17-12)21-10-7-4-6-9(2)14(10)18(19)20/h4,6-8H,3,5H2,1-2H3. The molecule has 1 aromatic heterocycles. The Hall–Kier alpha value is -2.21. The summed E-state index contributed by atoms with van der Waals surface area (Å²) in [6, 6.07) is 6.31. The first-order valence-electron chi connectivity index (χ1n) is 6.46. The molecule has 2 rings (SSSR count). The second-order valence-corrected chi connectivity index (χ2v) is 4.86. The summed E-state index contributed by atoms with van der Waals surface area (Å²) < 4.78 is 5.54. The first kappa shape index (κ1) is 15.2. The number of hydrogen-bond donors (Lipinski definition) is 0. The van der Waals surface area contributed by atoms with Crippen LogP contribution in [0.5, 0.6) is 11.6 Å². The van der Waals surface area contributed by atoms with E-state index in [1.54, 1.807) is 19.1 Å². The largest absolute Gasteiger partial charge is 0.432 e. The van der Waals surface area contributed by atoms with Gasteiger partial charge in [-0.15, -0.1) is 0 Å². The van der Waals surface area contributed by atoms with Crippen molar-refractivity contribution in [3.05, 3.63) is 50.9 Å². The Labute approximate surface area is 126 Å². The molecule has 0 unspecified atom stereocenters. The maximum absolute atomic E-state index is 11.1. The first-order valence-corrected chi connectivity index (χ1v) is 6.84. The smallest absolute Gasteiger partial charge is 0.314 e. The molecule has 6 nitrogen and oxygen atoms in total. The van der Waals surface area contributed by atoms with Crippen molar-refractivity contribution in [1.29, 1.82) is 0 Å². The molecule has 0 fully saturated rings. The average molecular weight is 308 g/mol. The number of aromatic nitrogens is 2. The molecule has 7 heteroatoms. The molecule has 0 spiro atoms. The summed E-state index contributed by atoms with van der Waals surface area (Å²) in [7, 11) is 0. The van der Waals surface area contributed by atoms with Gasteiger partial charge in [-0.25, -0.2) is 4.98 Å². The van der Waals surface area contributed by atoms with Crippen LogP contribution >= 0.6 is 11.6 Å². The second kappa shape index (κ2) is 6.49. The third-order valence-electron chi connectivity index (χ3n) is 2.79. The highest BCUT2D eigenvalue weighted by Crippen LogP contribution is 2.33. The summed E-state index contributed by atoms with van der Waals surface area (Å²) in [4.78, 5) is 19.0. The monoisotopic (exact) mass is 307 g/mol. The predicted octanol–water partition coefficient (Wildman–Crippen LogP) is 4.09. The third kappa shape index (κ3) is 3.66. The van der Waals surface area contributed by atoms with Crippen molar-refractivity contribution in [2.45, 2.75) is 26.7 Å². The number of aryl methyl sites for hydroxylation is 2. The van der Waals surface area contributed by atoms with Crippen molar-refractivity contribution in [3.8, 4) is 11.6 Å². The van der Waals surface area contributed by atoms with Gasteiger partial charge in [-0.2, -0.15) is 4.98 Å². The molecule has 0 atom stereocenters. The molecule has 0 amide bonds. The summed E-state index contributed by atoms with van der Waals surface area (Å²) >= 11 is 5.92. The Morgan fingerprint density at radius 3 is 2.81 bits per heavy atom. The highest BCUT2D eigenvalue weighted by atomic mass is 35.5. The zero-order valence-corrected chi connectivity index (χ0v) is 12.4. The van der Waals surface area contributed by atoms with E-state index in [0.29, 0.717) is 17.8 Å². The van der Waals surface area contributed by atoms with E-state index in [9.17, 15) is 10.1 Å². The van der Waals surface area contributed by atoms with Gasteiger partial charge in [0.2, 0.25) is 11.6 Å². The summed E-state index contributed by atoms with van der Waals surface area (Å²) in [5.41, 5.74) is 0.440. The fourth-order valence-corrected chi connectivity index (χ4v) is 2.08. The number of hydrogen-bond acceptors (Lipinski definition) is 5. The van der Waals surface area contributed by atoms with Gasteiger partial charge in [0, 0.05) is 18.1 Å². The van der Waals surface area contributed by atoms with E-state index in [4.69, 9.17) is 16.3 Å². The number of nitro groups is 1. The van der Waals surface area contributed by atoms with E-state index in [1.807, 2.05) is 6.92 Å². The number of ether oxygens (including phenoxy) is 1. The fourth-order valence-electron chi connectivity index (χ4n) is 1.89. The number of halogens is 1. The Morgan fingerprint density at radius 2 is 2.14 bits per heavy atom. The summed E-state index contributed by atoms with van der Waals surface area (Å²) in [6.45, 7) is 3.65. The van der Waals surface area contributed by atoms with E-state index in [0.717, 1.165) is 6.42 Å². The zero-order chi connectivity index (χ0) is 15.4. The molecule has 0 aliphatic rings. The Balaban J connectivity index is 2.38. The average Bonchev–Trinajstić information content (AvgIpc) is 2.37. The molecule has 0 saturated carbocycles. The Kier molecular flexibility index (Phi) is 4.70. The van der Waals surface area contributed by atoms with Crippen LogP contribution in [-0.4, -0.2) is 14.9 Å². The van der Waals surface area contributed by atoms with E-state index in [1.165, 1.54) is 12.1 Å². The van der Waals surface area contributed by atoms with Crippen LogP contribution in [0.2, 0.25) is 5.15 Å². The van der Waals surface area contributed by atoms with Crippen LogP contribution in [0.3, 0.4) is 0 Å². The van der Waals surface area contributed by atoms with Crippen molar-refractivity contribution >= 4 is 17.3 Å². The number of para-hydroxylation sites is 1. The Bertz CT molecular complexity index is 677. The lowest BCUT2D eigenvalue weighted by atomic mass is 10.2. The molecule has 0 saturated heterocycles. The van der Waals surface area contributed by atoms with Crippen LogP contribution in [0.25, 0.3) is 0 Å². The van der Waals surface area contributed by atoms with Gasteiger partial charge in [-0.3, -0.25) is 10.1 Å². The lowest BCUT2D eigenvalue weighted by molar-refractivity contribution is -0.386. The molecule has 0 aliphatic heterocycles. The maximum Gasteiger partial charge on any atom is 0.314 e. The van der Waals surface area contributed by atoms with E-state index in [-0.39, 0.29) is 22.5 Å². The minimum absolute atomic E-state index is 0.0794. The van der Waals surface area contributed by atoms with Gasteiger partial charge in [-0.1, -0.05) is 30.7 Å². The molecule has 1 heterocycles. The molecule has 0 N–H and O–H groups in total. The second-order valence-electron chi connectivity index (χ2n) is 4.48. The normalized spacial score (nSPS) is 10.4. The van der Waals surface area contributed by atoms with Crippen molar-refractivity contribution in [3.63, 3.8) is 0 Å². The lowest BCUT2D eigenvalue weighted by Gasteiger charge is -2.08. The van der Waals surface area contributed by atoms with Crippen LogP contribution in [0.4, 0.5) is 5.69 Å². The molecule has 0 bridgehead atoms. The Morgan fingerprint density at radius 1 is 1.38 bits per heavy atom. The number of rotatable bonds is 5. The van der Waals surface area contributed by atoms with Crippen LogP contribution < -0.4 is 4.74 Å². The number of nitro benzene ring substituents is 1. The third-order valence-corrected chi connectivity index (χ3v) is 2.98. The summed E-state index contributed by atoms with van der Waals surface area (Å²) in [5, 5.41) is 11.4. The van der Waals surface area contributed by atoms with Gasteiger partial charge in [0.15, 0.2) is 0 Å². The quantitative estimate of drug-likeness (QED) is 0.472. The number of benzene rings is 1. The fraction of sp³-hybridized carbons (Fsp3) is 0.286. The van der Waals surface area contributed by atoms with Crippen LogP contribution in [-0.2, 0) is 6.42 Å². The zero-order valence-electron chi connectivity index (χ0n) is 11.7. The van der Waals surface area contributed by atoms with Crippen molar-refractivity contribution in [2.24, 2.45) is 0 Å². The van der Waals surface area contributed by atoms with Gasteiger partial charge < -0.3 is 4.74 Å². The minimum atomic E-state index is -0.472. The summed E-state index contributed by atoms with van der Waals surface area (Å²) in [6.07, 6.45) is 1.53. The molecule has 21 heavy (non-hydrogen) atoms. The van der Waals surface area contributed by atoms with Crippen molar-refractivity contribution in [2.75, 3.05) is 0 Å². The van der Waals surface area contributed by atoms with Crippen LogP contribution in [0.15, 0.2) is 24.3 Å². The van der Waals surface area contributed by atoms with Gasteiger partial charge in [-0.05, 0) is 19.4 Å². The molecular weight excluding hydrogens is 294 g/mol. The van der Waals surface area contributed by atoms with Crippen molar-refractivity contribution < 1.29 is 9.66 Å². The molecular formula is C14H14ClN3O3. The van der Waals surface area contributed by atoms with E-state index < -0.39 is 4.92 Å². The maximum atomic E-state index is 11.1. The summed E-state index contributed by atoms with van der Waals surface area (Å²) in [5.74, 6) is 0.889. The van der Waals surface area contributed by atoms with Gasteiger partial charge in [0.25, 0.3) is 0 Å². The highest BCUT2D eigenvalue weighted by Gasteiger charge is 2.19. The molecule has 2 aromatic rings. The topological polar surface area (TPSA) is 78.2 Å². The molecule has 110 valence electrons. The number of nitrogens with zero attached hydrogens (tertiary/aromatic N) is 3. The highest BCUT2D eigenvalue weighted by molar-refractivity contribution is 6.29. The first-order chi connectivity index (χ1) is 10.0. The predicted molar refractivity (Wildman–Crippen MR) is 78.9 cm³/mol. The van der Waals surface area contributed by atoms with Crippen LogP contribution in [0.1, 0.15) is 24.7 Å². The lowest BCUT2D eigenvalue weighted by Crippen LogP contribution is -2.00. The van der Waals surface area contributed by atoms with E-state index in [2.05, 4.69) is 9.97 Å². The van der Waals surface area contributed by atoms with Gasteiger partial charge >= 0.3 is 5.69 Å². The van der Waals surface area contributed by atoms with Gasteiger partial charge in [0.1, 0.15) is 11.0 Å². The molecule has 0 aliphatic carbocycles. The van der Waals surface area contributed by atoms with E-state index >= 15 is 0 Å². The minimum Gasteiger partial charge on any atom is -0.432 e. The van der Waals surface area contributed by atoms with Crippen LogP contribution in [0, 0.1) is 17.0 Å². The van der Waals surface area contributed by atoms with Crippen molar-refractivity contribution in [1.82, 2.24) is 9.97 Å². The SMILES string of the molecule is CCCc1nc(Cl)cc(Oc2cccc(C)c2[N+](=O)[O-])n1. The van der Waals surface area contributed by atoms with Gasteiger partial charge in [0.05, 0.1) is 4.92 Å². The molecule has 0 radical (unpaired) electrons. The molecule has 1 aromatic carbocycles.